The Balaban J connectivity index is 1.90. The summed E-state index contributed by atoms with van der Waals surface area (Å²) in [4.78, 5) is 0. The maximum atomic E-state index is 10.1. The Kier molecular flexibility index (Phi) is 4.47. The quantitative estimate of drug-likeness (QED) is 0.854. The summed E-state index contributed by atoms with van der Waals surface area (Å²) in [5.74, 6) is 0.731. The van der Waals surface area contributed by atoms with Crippen LogP contribution < -0.4 is 0 Å². The Bertz CT molecular complexity index is 369. The second-order valence-electron chi connectivity index (χ2n) is 5.34. The molecule has 1 aliphatic rings. The van der Waals surface area contributed by atoms with Gasteiger partial charge in [0.1, 0.15) is 0 Å². The fourth-order valence-electron chi connectivity index (χ4n) is 2.79. The highest BCUT2D eigenvalue weighted by molar-refractivity contribution is 6.31. The van der Waals surface area contributed by atoms with E-state index < -0.39 is 0 Å². The van der Waals surface area contributed by atoms with Gasteiger partial charge in [0.15, 0.2) is 0 Å². The first-order chi connectivity index (χ1) is 8.15. The third kappa shape index (κ3) is 3.72. The minimum atomic E-state index is -0.238. The lowest BCUT2D eigenvalue weighted by Crippen LogP contribution is -2.15. The fraction of sp³-hybridized carbons (Fsp3) is 0.600. The molecule has 2 heteroatoms. The van der Waals surface area contributed by atoms with Crippen molar-refractivity contribution in [2.75, 3.05) is 0 Å². The number of halogens is 1. The Labute approximate surface area is 109 Å². The molecule has 0 heterocycles. The molecular weight excluding hydrogens is 232 g/mol. The molecule has 1 aromatic carbocycles. The predicted molar refractivity (Wildman–Crippen MR) is 72.5 cm³/mol. The average Bonchev–Trinajstić information content (AvgIpc) is 2.75. The molecule has 0 bridgehead atoms. The second kappa shape index (κ2) is 5.88. The minimum Gasteiger partial charge on any atom is -0.393 e. The molecule has 0 aromatic heterocycles. The van der Waals surface area contributed by atoms with E-state index in [2.05, 4.69) is 6.07 Å². The number of aliphatic hydroxyl groups excluding tert-OH is 1. The molecule has 1 N–H and O–H groups in total. The highest BCUT2D eigenvalue weighted by atomic mass is 35.5. The molecular formula is C15H21ClO. The van der Waals surface area contributed by atoms with Crippen LogP contribution in [0.1, 0.15) is 43.2 Å². The lowest BCUT2D eigenvalue weighted by Gasteiger charge is -2.16. The SMILES string of the molecule is Cc1ccc(CC(O)CC2CCCC2)c(Cl)c1. The molecule has 2 rings (SSSR count). The van der Waals surface area contributed by atoms with Crippen LogP contribution >= 0.6 is 11.6 Å². The van der Waals surface area contributed by atoms with Gasteiger partial charge < -0.3 is 5.11 Å². The molecule has 0 saturated heterocycles. The van der Waals surface area contributed by atoms with Crippen LogP contribution in [0.2, 0.25) is 5.02 Å². The number of rotatable bonds is 4. The zero-order chi connectivity index (χ0) is 12.3. The Morgan fingerprint density at radius 1 is 1.35 bits per heavy atom. The van der Waals surface area contributed by atoms with Crippen molar-refractivity contribution in [3.8, 4) is 0 Å². The summed E-state index contributed by atoms with van der Waals surface area (Å²) >= 11 is 6.18. The molecule has 1 aromatic rings. The standard InChI is InChI=1S/C15H21ClO/c1-11-6-7-13(15(16)8-11)10-14(17)9-12-4-2-3-5-12/h6-8,12,14,17H,2-5,9-10H2,1H3. The van der Waals surface area contributed by atoms with Gasteiger partial charge in [-0.25, -0.2) is 0 Å². The first kappa shape index (κ1) is 12.9. The van der Waals surface area contributed by atoms with E-state index in [1.54, 1.807) is 0 Å². The first-order valence-electron chi connectivity index (χ1n) is 6.58. The number of hydrogen-bond donors (Lipinski definition) is 1. The van der Waals surface area contributed by atoms with Crippen molar-refractivity contribution in [1.82, 2.24) is 0 Å². The third-order valence-electron chi connectivity index (χ3n) is 3.74. The lowest BCUT2D eigenvalue weighted by molar-refractivity contribution is 0.143. The highest BCUT2D eigenvalue weighted by Crippen LogP contribution is 2.30. The van der Waals surface area contributed by atoms with Crippen molar-refractivity contribution >= 4 is 11.6 Å². The summed E-state index contributed by atoms with van der Waals surface area (Å²) in [6.45, 7) is 2.03. The number of aryl methyl sites for hydroxylation is 1. The van der Waals surface area contributed by atoms with Crippen LogP contribution in [0.25, 0.3) is 0 Å². The van der Waals surface area contributed by atoms with E-state index in [4.69, 9.17) is 11.6 Å². The molecule has 1 unspecified atom stereocenters. The van der Waals surface area contributed by atoms with Crippen molar-refractivity contribution in [3.63, 3.8) is 0 Å². The summed E-state index contributed by atoms with van der Waals surface area (Å²) in [6.07, 6.45) is 6.64. The van der Waals surface area contributed by atoms with Crippen LogP contribution in [-0.4, -0.2) is 11.2 Å². The topological polar surface area (TPSA) is 20.2 Å². The molecule has 1 atom stereocenters. The van der Waals surface area contributed by atoms with Gasteiger partial charge in [0, 0.05) is 5.02 Å². The lowest BCUT2D eigenvalue weighted by atomic mass is 9.95. The molecule has 17 heavy (non-hydrogen) atoms. The van der Waals surface area contributed by atoms with Crippen LogP contribution in [0.15, 0.2) is 18.2 Å². The van der Waals surface area contributed by atoms with Gasteiger partial charge in [0.2, 0.25) is 0 Å². The number of benzene rings is 1. The van der Waals surface area contributed by atoms with Gasteiger partial charge in [-0.15, -0.1) is 0 Å². The normalized spacial score (nSPS) is 18.5. The summed E-state index contributed by atoms with van der Waals surface area (Å²) in [5, 5.41) is 10.9. The molecule has 94 valence electrons. The summed E-state index contributed by atoms with van der Waals surface area (Å²) < 4.78 is 0. The van der Waals surface area contributed by atoms with Crippen LogP contribution in [0.5, 0.6) is 0 Å². The van der Waals surface area contributed by atoms with Crippen LogP contribution in [0.3, 0.4) is 0 Å². The van der Waals surface area contributed by atoms with E-state index in [1.165, 1.54) is 31.2 Å². The van der Waals surface area contributed by atoms with Crippen LogP contribution in [-0.2, 0) is 6.42 Å². The van der Waals surface area contributed by atoms with E-state index in [1.807, 2.05) is 19.1 Å². The maximum absolute atomic E-state index is 10.1. The van der Waals surface area contributed by atoms with Crippen molar-refractivity contribution in [2.45, 2.75) is 51.6 Å². The zero-order valence-electron chi connectivity index (χ0n) is 10.5. The number of aliphatic hydroxyl groups is 1. The number of hydrogen-bond acceptors (Lipinski definition) is 1. The van der Waals surface area contributed by atoms with Gasteiger partial charge in [-0.2, -0.15) is 0 Å². The minimum absolute atomic E-state index is 0.238. The van der Waals surface area contributed by atoms with Crippen molar-refractivity contribution in [3.05, 3.63) is 34.3 Å². The Morgan fingerprint density at radius 2 is 2.06 bits per heavy atom. The van der Waals surface area contributed by atoms with Gasteiger partial charge in [-0.3, -0.25) is 0 Å². The molecule has 1 saturated carbocycles. The molecule has 0 radical (unpaired) electrons. The third-order valence-corrected chi connectivity index (χ3v) is 4.10. The highest BCUT2D eigenvalue weighted by Gasteiger charge is 2.19. The molecule has 1 fully saturated rings. The van der Waals surface area contributed by atoms with E-state index in [-0.39, 0.29) is 6.10 Å². The largest absolute Gasteiger partial charge is 0.393 e. The smallest absolute Gasteiger partial charge is 0.0583 e. The maximum Gasteiger partial charge on any atom is 0.0583 e. The monoisotopic (exact) mass is 252 g/mol. The van der Waals surface area contributed by atoms with Crippen molar-refractivity contribution in [1.29, 1.82) is 0 Å². The van der Waals surface area contributed by atoms with Crippen molar-refractivity contribution < 1.29 is 5.11 Å². The van der Waals surface area contributed by atoms with Gasteiger partial charge in [-0.05, 0) is 42.9 Å². The van der Waals surface area contributed by atoms with E-state index in [9.17, 15) is 5.11 Å². The zero-order valence-corrected chi connectivity index (χ0v) is 11.2. The van der Waals surface area contributed by atoms with E-state index >= 15 is 0 Å². The molecule has 1 nitrogen and oxygen atoms in total. The summed E-state index contributed by atoms with van der Waals surface area (Å²) in [6, 6.07) is 6.07. The summed E-state index contributed by atoms with van der Waals surface area (Å²) in [5.41, 5.74) is 2.24. The van der Waals surface area contributed by atoms with Gasteiger partial charge in [0.05, 0.1) is 6.10 Å². The van der Waals surface area contributed by atoms with Gasteiger partial charge >= 0.3 is 0 Å². The van der Waals surface area contributed by atoms with E-state index in [0.29, 0.717) is 6.42 Å². The predicted octanol–water partition coefficient (Wildman–Crippen LogP) is 4.13. The second-order valence-corrected chi connectivity index (χ2v) is 5.75. The summed E-state index contributed by atoms with van der Waals surface area (Å²) in [7, 11) is 0. The molecule has 0 spiro atoms. The molecule has 0 aliphatic heterocycles. The van der Waals surface area contributed by atoms with Crippen LogP contribution in [0, 0.1) is 12.8 Å². The Morgan fingerprint density at radius 3 is 2.71 bits per heavy atom. The molecule has 0 amide bonds. The Hall–Kier alpha value is -0.530. The van der Waals surface area contributed by atoms with Crippen molar-refractivity contribution in [2.24, 2.45) is 5.92 Å². The first-order valence-corrected chi connectivity index (χ1v) is 6.96. The fourth-order valence-corrected chi connectivity index (χ4v) is 3.10. The van der Waals surface area contributed by atoms with Gasteiger partial charge in [0.25, 0.3) is 0 Å². The van der Waals surface area contributed by atoms with Gasteiger partial charge in [-0.1, -0.05) is 49.4 Å². The van der Waals surface area contributed by atoms with Crippen LogP contribution in [0.4, 0.5) is 0 Å². The molecule has 1 aliphatic carbocycles. The average molecular weight is 253 g/mol. The van der Waals surface area contributed by atoms with E-state index in [0.717, 1.165) is 22.9 Å².